The summed E-state index contributed by atoms with van der Waals surface area (Å²) >= 11 is 0. The normalized spacial score (nSPS) is 29.9. The number of quaternary nitrogens is 1. The first kappa shape index (κ1) is 15.2. The van der Waals surface area contributed by atoms with Crippen LogP contribution in [0.2, 0.25) is 0 Å². The molecule has 88 valence electrons. The quantitative estimate of drug-likeness (QED) is 0.383. The Morgan fingerprint density at radius 2 is 2.00 bits per heavy atom. The van der Waals surface area contributed by atoms with Crippen LogP contribution in [0.3, 0.4) is 0 Å². The van der Waals surface area contributed by atoms with E-state index in [1.807, 2.05) is 0 Å². The molecule has 1 aliphatic rings. The Balaban J connectivity index is 0.00000196. The van der Waals surface area contributed by atoms with Gasteiger partial charge >= 0.3 is 0 Å². The summed E-state index contributed by atoms with van der Waals surface area (Å²) in [6.45, 7) is 5.95. The summed E-state index contributed by atoms with van der Waals surface area (Å²) in [5.41, 5.74) is 0. The number of hydrogen-bond donors (Lipinski definition) is 0. The Morgan fingerprint density at radius 1 is 1.40 bits per heavy atom. The van der Waals surface area contributed by atoms with E-state index in [0.717, 1.165) is 18.5 Å². The van der Waals surface area contributed by atoms with Crippen molar-refractivity contribution in [2.75, 3.05) is 13.6 Å². The monoisotopic (exact) mass is 321 g/mol. The third-order valence-electron chi connectivity index (χ3n) is 4.14. The summed E-state index contributed by atoms with van der Waals surface area (Å²) in [5, 5.41) is 0. The molecule has 1 heterocycles. The van der Waals surface area contributed by atoms with Crippen LogP contribution in [0.1, 0.15) is 46.0 Å². The van der Waals surface area contributed by atoms with Gasteiger partial charge in [-0.2, -0.15) is 0 Å². The highest BCUT2D eigenvalue weighted by molar-refractivity contribution is 4.89. The fraction of sp³-hybridized carbons (Fsp3) is 0.846. The van der Waals surface area contributed by atoms with Crippen LogP contribution in [-0.2, 0) is 0 Å². The zero-order valence-electron chi connectivity index (χ0n) is 10.3. The van der Waals surface area contributed by atoms with E-state index in [0.29, 0.717) is 0 Å². The first-order valence-corrected chi connectivity index (χ1v) is 5.97. The first-order chi connectivity index (χ1) is 6.69. The van der Waals surface area contributed by atoms with Gasteiger partial charge in [-0.1, -0.05) is 13.8 Å². The van der Waals surface area contributed by atoms with E-state index >= 15 is 0 Å². The van der Waals surface area contributed by atoms with Crippen LogP contribution < -0.4 is 24.0 Å². The van der Waals surface area contributed by atoms with Crippen LogP contribution in [0.25, 0.3) is 0 Å². The molecule has 0 saturated carbocycles. The highest BCUT2D eigenvalue weighted by Crippen LogP contribution is 2.32. The zero-order chi connectivity index (χ0) is 10.6. The average Bonchev–Trinajstić information content (AvgIpc) is 2.52. The topological polar surface area (TPSA) is 0 Å². The fourth-order valence-corrected chi connectivity index (χ4v) is 3.20. The summed E-state index contributed by atoms with van der Waals surface area (Å²) in [4.78, 5) is 0. The molecule has 0 spiro atoms. The molecular formula is C13H24IN. The Labute approximate surface area is 112 Å². The molecule has 0 amide bonds. The lowest BCUT2D eigenvalue weighted by Crippen LogP contribution is -3.00. The molecule has 0 aromatic rings. The van der Waals surface area contributed by atoms with Crippen LogP contribution >= 0.6 is 0 Å². The van der Waals surface area contributed by atoms with Crippen LogP contribution in [0.5, 0.6) is 0 Å². The summed E-state index contributed by atoms with van der Waals surface area (Å²) in [7, 11) is 2.41. The van der Waals surface area contributed by atoms with E-state index in [1.54, 1.807) is 0 Å². The fourth-order valence-electron chi connectivity index (χ4n) is 3.20. The van der Waals surface area contributed by atoms with Crippen LogP contribution in [0.15, 0.2) is 0 Å². The Hall–Kier alpha value is 0.250. The number of rotatable bonds is 4. The molecule has 1 rings (SSSR count). The number of nitrogens with zero attached hydrogens (tertiary/aromatic N) is 1. The molecule has 0 aromatic carbocycles. The largest absolute Gasteiger partial charge is 1.00 e. The zero-order valence-corrected chi connectivity index (χ0v) is 12.5. The van der Waals surface area contributed by atoms with Crippen molar-refractivity contribution in [2.45, 2.75) is 58.0 Å². The van der Waals surface area contributed by atoms with Gasteiger partial charge in [0.15, 0.2) is 0 Å². The Kier molecular flexibility index (Phi) is 6.86. The highest BCUT2D eigenvalue weighted by atomic mass is 127. The maximum Gasteiger partial charge on any atom is 0.100 e. The predicted molar refractivity (Wildman–Crippen MR) is 61.9 cm³/mol. The van der Waals surface area contributed by atoms with Crippen molar-refractivity contribution in [1.82, 2.24) is 0 Å². The number of terminal acetylenes is 1. The van der Waals surface area contributed by atoms with Crippen LogP contribution in [-0.4, -0.2) is 30.2 Å². The lowest BCUT2D eigenvalue weighted by Gasteiger charge is -2.42. The molecule has 0 aromatic heterocycles. The predicted octanol–water partition coefficient (Wildman–Crippen LogP) is -0.189. The van der Waals surface area contributed by atoms with Gasteiger partial charge in [0, 0.05) is 12.8 Å². The van der Waals surface area contributed by atoms with Gasteiger partial charge in [0.05, 0.1) is 26.1 Å². The smallest absolute Gasteiger partial charge is 0.100 e. The van der Waals surface area contributed by atoms with E-state index in [9.17, 15) is 0 Å². The van der Waals surface area contributed by atoms with E-state index in [-0.39, 0.29) is 24.0 Å². The van der Waals surface area contributed by atoms with Gasteiger partial charge < -0.3 is 28.5 Å². The number of likely N-dealkylation sites (tertiary alicyclic amines) is 1. The average molecular weight is 321 g/mol. The van der Waals surface area contributed by atoms with Crippen LogP contribution in [0, 0.1) is 12.3 Å². The van der Waals surface area contributed by atoms with Gasteiger partial charge in [0.2, 0.25) is 0 Å². The molecule has 2 heteroatoms. The third kappa shape index (κ3) is 3.10. The summed E-state index contributed by atoms with van der Waals surface area (Å²) in [6, 6.07) is 1.54. The van der Waals surface area contributed by atoms with Gasteiger partial charge in [-0.3, -0.25) is 0 Å². The molecule has 2 atom stereocenters. The van der Waals surface area contributed by atoms with Gasteiger partial charge in [-0.25, -0.2) is 0 Å². The molecule has 0 N–H and O–H groups in total. The van der Waals surface area contributed by atoms with Crippen LogP contribution in [0.4, 0.5) is 0 Å². The van der Waals surface area contributed by atoms with E-state index in [2.05, 4.69) is 26.8 Å². The molecular weight excluding hydrogens is 297 g/mol. The second-order valence-corrected chi connectivity index (χ2v) is 4.75. The molecule has 0 radical (unpaired) electrons. The van der Waals surface area contributed by atoms with Crippen molar-refractivity contribution in [2.24, 2.45) is 0 Å². The van der Waals surface area contributed by atoms with Gasteiger partial charge in [-0.15, -0.1) is 12.3 Å². The van der Waals surface area contributed by atoms with Crippen molar-refractivity contribution in [3.05, 3.63) is 0 Å². The van der Waals surface area contributed by atoms with Crippen molar-refractivity contribution < 1.29 is 28.5 Å². The molecule has 0 bridgehead atoms. The number of hydrogen-bond acceptors (Lipinski definition) is 0. The maximum absolute atomic E-state index is 5.45. The summed E-state index contributed by atoms with van der Waals surface area (Å²) < 4.78 is 1.23. The minimum Gasteiger partial charge on any atom is -1.00 e. The van der Waals surface area contributed by atoms with Crippen molar-refractivity contribution >= 4 is 0 Å². The van der Waals surface area contributed by atoms with Crippen molar-refractivity contribution in [1.29, 1.82) is 0 Å². The minimum atomic E-state index is 0. The first-order valence-electron chi connectivity index (χ1n) is 5.97. The van der Waals surface area contributed by atoms with Crippen molar-refractivity contribution in [3.63, 3.8) is 0 Å². The standard InChI is InChI=1S/C13H24N.HI/c1-5-9-13-10-8-11-14(13,4)12(6-2)7-3;/h1,12-13H,6-11H2,2-4H3;1H/q+1;/p-1. The third-order valence-corrected chi connectivity index (χ3v) is 4.14. The van der Waals surface area contributed by atoms with E-state index in [1.165, 1.54) is 36.7 Å². The van der Waals surface area contributed by atoms with E-state index in [4.69, 9.17) is 6.42 Å². The molecule has 15 heavy (non-hydrogen) atoms. The summed E-state index contributed by atoms with van der Waals surface area (Å²) in [5.74, 6) is 2.85. The molecule has 2 unspecified atom stereocenters. The molecule has 1 saturated heterocycles. The van der Waals surface area contributed by atoms with Gasteiger partial charge in [0.1, 0.15) is 6.04 Å². The molecule has 1 nitrogen and oxygen atoms in total. The lowest BCUT2D eigenvalue weighted by atomic mass is 10.0. The maximum atomic E-state index is 5.45. The molecule has 1 aliphatic heterocycles. The number of halogens is 1. The SMILES string of the molecule is C#CCC1CCC[N+]1(C)C(CC)CC.[I-]. The van der Waals surface area contributed by atoms with Gasteiger partial charge in [-0.05, 0) is 12.8 Å². The lowest BCUT2D eigenvalue weighted by molar-refractivity contribution is -0.944. The van der Waals surface area contributed by atoms with Gasteiger partial charge in [0.25, 0.3) is 0 Å². The van der Waals surface area contributed by atoms with Crippen molar-refractivity contribution in [3.8, 4) is 12.3 Å². The summed E-state index contributed by atoms with van der Waals surface area (Å²) in [6.07, 6.45) is 11.7. The minimum absolute atomic E-state index is 0. The Bertz CT molecular complexity index is 217. The Morgan fingerprint density at radius 3 is 2.47 bits per heavy atom. The second kappa shape index (κ2) is 6.75. The molecule has 0 aliphatic carbocycles. The molecule has 1 fully saturated rings. The van der Waals surface area contributed by atoms with E-state index < -0.39 is 0 Å². The second-order valence-electron chi connectivity index (χ2n) is 4.75. The highest BCUT2D eigenvalue weighted by Gasteiger charge is 2.41.